The van der Waals surface area contributed by atoms with Gasteiger partial charge in [-0.3, -0.25) is 4.79 Å². The summed E-state index contributed by atoms with van der Waals surface area (Å²) < 4.78 is 57.3. The molecule has 6 nitrogen and oxygen atoms in total. The number of amides is 1. The Morgan fingerprint density at radius 2 is 1.80 bits per heavy atom. The molecule has 0 aliphatic heterocycles. The number of carbonyl (C=O) groups excluding carboxylic acids is 1. The van der Waals surface area contributed by atoms with Crippen LogP contribution in [0.4, 0.5) is 8.78 Å². The summed E-state index contributed by atoms with van der Waals surface area (Å²) in [6.07, 6.45) is 0. The van der Waals surface area contributed by atoms with Crippen molar-refractivity contribution < 1.29 is 26.7 Å². The molecule has 0 fully saturated rings. The van der Waals surface area contributed by atoms with Gasteiger partial charge in [0.15, 0.2) is 0 Å². The Hall–Kier alpha value is -2.52. The van der Waals surface area contributed by atoms with Gasteiger partial charge < -0.3 is 10.1 Å². The second-order valence-corrected chi connectivity index (χ2v) is 6.79. The highest BCUT2D eigenvalue weighted by atomic mass is 32.2. The molecule has 2 N–H and O–H groups in total. The summed E-state index contributed by atoms with van der Waals surface area (Å²) in [5.41, 5.74) is -0.391. The molecular weight excluding hydrogens is 354 g/mol. The minimum atomic E-state index is -3.79. The smallest absolute Gasteiger partial charge is 0.254 e. The summed E-state index contributed by atoms with van der Waals surface area (Å²) in [7, 11) is -2.57. The van der Waals surface area contributed by atoms with E-state index in [9.17, 15) is 22.0 Å². The Morgan fingerprint density at radius 1 is 1.12 bits per heavy atom. The third kappa shape index (κ3) is 4.97. The summed E-state index contributed by atoms with van der Waals surface area (Å²) in [5, 5.41) is 2.42. The van der Waals surface area contributed by atoms with E-state index in [-0.39, 0.29) is 18.0 Å². The Kier molecular flexibility index (Phi) is 6.05. The molecule has 0 atom stereocenters. The van der Waals surface area contributed by atoms with Gasteiger partial charge in [-0.1, -0.05) is 0 Å². The van der Waals surface area contributed by atoms with E-state index in [0.29, 0.717) is 5.75 Å². The number of sulfonamides is 1. The largest absolute Gasteiger partial charge is 0.492 e. The molecule has 9 heteroatoms. The molecule has 0 unspecified atom stereocenters. The van der Waals surface area contributed by atoms with Crippen molar-refractivity contribution >= 4 is 15.9 Å². The molecule has 0 saturated heterocycles. The third-order valence-electron chi connectivity index (χ3n) is 3.23. The minimum absolute atomic E-state index is 0.0542. The third-order valence-corrected chi connectivity index (χ3v) is 4.64. The molecule has 1 amide bonds. The van der Waals surface area contributed by atoms with Crippen molar-refractivity contribution in [3.63, 3.8) is 0 Å². The average molecular weight is 370 g/mol. The molecule has 0 bridgehead atoms. The summed E-state index contributed by atoms with van der Waals surface area (Å²) >= 11 is 0. The zero-order valence-corrected chi connectivity index (χ0v) is 14.1. The van der Waals surface area contributed by atoms with Gasteiger partial charge in [0.2, 0.25) is 10.0 Å². The highest BCUT2D eigenvalue weighted by Crippen LogP contribution is 2.15. The predicted molar refractivity (Wildman–Crippen MR) is 86.9 cm³/mol. The minimum Gasteiger partial charge on any atom is -0.492 e. The van der Waals surface area contributed by atoms with E-state index in [1.54, 1.807) is 0 Å². The Bertz CT molecular complexity index is 855. The first-order valence-corrected chi connectivity index (χ1v) is 8.71. The van der Waals surface area contributed by atoms with Gasteiger partial charge in [-0.2, -0.15) is 0 Å². The lowest BCUT2D eigenvalue weighted by Crippen LogP contribution is -2.29. The van der Waals surface area contributed by atoms with Gasteiger partial charge in [-0.25, -0.2) is 21.9 Å². The number of benzene rings is 2. The van der Waals surface area contributed by atoms with Crippen molar-refractivity contribution in [2.24, 2.45) is 0 Å². The van der Waals surface area contributed by atoms with Crippen molar-refractivity contribution in [3.8, 4) is 5.75 Å². The molecule has 2 aromatic carbocycles. The van der Waals surface area contributed by atoms with E-state index in [0.717, 1.165) is 18.2 Å². The molecule has 0 radical (unpaired) electrons. The number of rotatable bonds is 7. The van der Waals surface area contributed by atoms with Crippen LogP contribution in [-0.2, 0) is 10.0 Å². The standard InChI is InChI=1S/C16H16F2N2O4S/c1-19-25(22,23)13-6-7-15(18)14(10-13)16(21)20-8-9-24-12-4-2-11(17)3-5-12/h2-7,10,19H,8-9H2,1H3,(H,20,21). The van der Waals surface area contributed by atoms with Gasteiger partial charge >= 0.3 is 0 Å². The molecule has 134 valence electrons. The van der Waals surface area contributed by atoms with Gasteiger partial charge in [0, 0.05) is 0 Å². The lowest BCUT2D eigenvalue weighted by Gasteiger charge is -2.09. The van der Waals surface area contributed by atoms with Gasteiger partial charge in [0.05, 0.1) is 17.0 Å². The lowest BCUT2D eigenvalue weighted by atomic mass is 10.2. The molecule has 0 saturated carbocycles. The SMILES string of the molecule is CNS(=O)(=O)c1ccc(F)c(C(=O)NCCOc2ccc(F)cc2)c1. The van der Waals surface area contributed by atoms with Crippen molar-refractivity contribution in [1.29, 1.82) is 0 Å². The molecule has 0 aromatic heterocycles. The maximum Gasteiger partial charge on any atom is 0.254 e. The zero-order chi connectivity index (χ0) is 18.4. The van der Waals surface area contributed by atoms with Gasteiger partial charge in [-0.05, 0) is 49.5 Å². The number of nitrogens with one attached hydrogen (secondary N) is 2. The quantitative estimate of drug-likeness (QED) is 0.727. The van der Waals surface area contributed by atoms with Crippen LogP contribution in [0.5, 0.6) is 5.75 Å². The maximum atomic E-state index is 13.8. The van der Waals surface area contributed by atoms with E-state index < -0.39 is 33.1 Å². The van der Waals surface area contributed by atoms with Crippen molar-refractivity contribution in [2.45, 2.75) is 4.90 Å². The number of halogens is 2. The van der Waals surface area contributed by atoms with Crippen LogP contribution in [0.1, 0.15) is 10.4 Å². The molecule has 2 aromatic rings. The van der Waals surface area contributed by atoms with E-state index in [1.807, 2.05) is 0 Å². The van der Waals surface area contributed by atoms with Crippen LogP contribution in [0.25, 0.3) is 0 Å². The molecular formula is C16H16F2N2O4S. The van der Waals surface area contributed by atoms with Crippen LogP contribution in [-0.4, -0.2) is 34.5 Å². The first kappa shape index (κ1) is 18.8. The van der Waals surface area contributed by atoms with Gasteiger partial charge in [0.25, 0.3) is 5.91 Å². The molecule has 0 aliphatic carbocycles. The monoisotopic (exact) mass is 370 g/mol. The second-order valence-electron chi connectivity index (χ2n) is 4.91. The number of hydrogen-bond acceptors (Lipinski definition) is 4. The maximum absolute atomic E-state index is 13.8. The number of carbonyl (C=O) groups is 1. The van der Waals surface area contributed by atoms with E-state index in [4.69, 9.17) is 4.74 Å². The Morgan fingerprint density at radius 3 is 2.44 bits per heavy atom. The van der Waals surface area contributed by atoms with Crippen molar-refractivity contribution in [2.75, 3.05) is 20.2 Å². The van der Waals surface area contributed by atoms with Crippen LogP contribution in [0.3, 0.4) is 0 Å². The fourth-order valence-corrected chi connectivity index (χ4v) is 2.68. The Labute approximate surface area is 143 Å². The second kappa shape index (κ2) is 8.04. The average Bonchev–Trinajstić information content (AvgIpc) is 2.60. The number of hydrogen-bond donors (Lipinski definition) is 2. The first-order valence-electron chi connectivity index (χ1n) is 7.23. The highest BCUT2D eigenvalue weighted by Gasteiger charge is 2.18. The van der Waals surface area contributed by atoms with Gasteiger partial charge in [-0.15, -0.1) is 0 Å². The van der Waals surface area contributed by atoms with Crippen molar-refractivity contribution in [1.82, 2.24) is 10.0 Å². The number of ether oxygens (including phenoxy) is 1. The summed E-state index contributed by atoms with van der Waals surface area (Å²) in [6.45, 7) is 0.131. The van der Waals surface area contributed by atoms with Crippen LogP contribution in [0.15, 0.2) is 47.4 Å². The molecule has 0 heterocycles. The molecule has 0 spiro atoms. The normalized spacial score (nSPS) is 11.2. The highest BCUT2D eigenvalue weighted by molar-refractivity contribution is 7.89. The van der Waals surface area contributed by atoms with Crippen LogP contribution >= 0.6 is 0 Å². The van der Waals surface area contributed by atoms with Gasteiger partial charge in [0.1, 0.15) is 24.0 Å². The zero-order valence-electron chi connectivity index (χ0n) is 13.3. The van der Waals surface area contributed by atoms with E-state index >= 15 is 0 Å². The van der Waals surface area contributed by atoms with Crippen molar-refractivity contribution in [3.05, 3.63) is 59.7 Å². The summed E-state index contributed by atoms with van der Waals surface area (Å²) in [4.78, 5) is 11.8. The van der Waals surface area contributed by atoms with Crippen LogP contribution in [0.2, 0.25) is 0 Å². The first-order chi connectivity index (χ1) is 11.8. The lowest BCUT2D eigenvalue weighted by molar-refractivity contribution is 0.0942. The fraction of sp³-hybridized carbons (Fsp3) is 0.188. The predicted octanol–water partition coefficient (Wildman–Crippen LogP) is 1.68. The molecule has 0 aliphatic rings. The molecule has 2 rings (SSSR count). The topological polar surface area (TPSA) is 84.5 Å². The van der Waals surface area contributed by atoms with E-state index in [2.05, 4.69) is 10.0 Å². The van der Waals surface area contributed by atoms with Crippen LogP contribution < -0.4 is 14.8 Å². The summed E-state index contributed by atoms with van der Waals surface area (Å²) in [6, 6.07) is 8.26. The Balaban J connectivity index is 1.96. The fourth-order valence-electron chi connectivity index (χ4n) is 1.92. The van der Waals surface area contributed by atoms with E-state index in [1.165, 1.54) is 31.3 Å². The van der Waals surface area contributed by atoms with Crippen LogP contribution in [0, 0.1) is 11.6 Å². The molecule has 25 heavy (non-hydrogen) atoms. The summed E-state index contributed by atoms with van der Waals surface area (Å²) in [5.74, 6) is -1.59.